The summed E-state index contributed by atoms with van der Waals surface area (Å²) in [5.74, 6) is -1.84. The van der Waals surface area contributed by atoms with Crippen molar-refractivity contribution in [3.63, 3.8) is 0 Å². The molecule has 67 heavy (non-hydrogen) atoms. The van der Waals surface area contributed by atoms with Crippen LogP contribution in [0, 0.1) is 0 Å². The van der Waals surface area contributed by atoms with Crippen LogP contribution in [0.5, 0.6) is 0 Å². The molecule has 0 spiro atoms. The maximum atomic E-state index is 13.6. The van der Waals surface area contributed by atoms with Crippen LogP contribution < -0.4 is 5.32 Å². The fraction of sp³-hybridized carbons (Fsp3) is 0.520. The minimum atomic E-state index is -0.940. The van der Waals surface area contributed by atoms with Gasteiger partial charge in [-0.15, -0.1) is 0 Å². The first kappa shape index (κ1) is 52.4. The molecule has 17 heteroatoms. The van der Waals surface area contributed by atoms with Crippen LogP contribution in [0.1, 0.15) is 42.0 Å². The number of ketones is 1. The van der Waals surface area contributed by atoms with Crippen molar-refractivity contribution in [1.29, 1.82) is 0 Å². The quantitative estimate of drug-likeness (QED) is 0.0752. The van der Waals surface area contributed by atoms with E-state index in [2.05, 4.69) is 44.9 Å². The van der Waals surface area contributed by atoms with Gasteiger partial charge in [-0.1, -0.05) is 24.3 Å². The first-order valence-electron chi connectivity index (χ1n) is 23.8. The number of carboxylic acids is 2. The Bertz CT molecular complexity index is 1790. The largest absolute Gasteiger partial charge is 0.481 e. The van der Waals surface area contributed by atoms with Crippen molar-refractivity contribution >= 4 is 23.6 Å². The summed E-state index contributed by atoms with van der Waals surface area (Å²) in [6.07, 6.45) is 11.5. The Morgan fingerprint density at radius 3 is 1.28 bits per heavy atom. The topological polar surface area (TPSA) is 192 Å². The van der Waals surface area contributed by atoms with Crippen molar-refractivity contribution in [2.45, 2.75) is 44.9 Å². The van der Waals surface area contributed by atoms with E-state index in [1.54, 1.807) is 12.4 Å². The van der Waals surface area contributed by atoms with E-state index in [0.29, 0.717) is 84.8 Å². The van der Waals surface area contributed by atoms with Gasteiger partial charge in [0.2, 0.25) is 5.91 Å². The van der Waals surface area contributed by atoms with E-state index in [0.717, 1.165) is 81.2 Å². The Morgan fingerprint density at radius 1 is 0.478 bits per heavy atom. The van der Waals surface area contributed by atoms with E-state index in [1.807, 2.05) is 95.0 Å². The van der Waals surface area contributed by atoms with Gasteiger partial charge in [-0.3, -0.25) is 53.8 Å². The molecule has 1 aliphatic rings. The summed E-state index contributed by atoms with van der Waals surface area (Å²) >= 11 is 0. The average Bonchev–Trinajstić information content (AvgIpc) is 3.33. The standard InChI is InChI=1S/C50H71N11O6/c62-47(14-9-25-56(26-15-43-10-1-5-20-51-43)27-16-44-11-2-6-21-52-44)40-59-34-32-58(30-19-49(64)65)33-35-60(37-39-61(38-36-59)42-50(66)67)41-48(63)55-24-31-57(28-17-45-12-3-7-22-53-45)29-18-46-13-4-8-23-54-46/h1-8,10-13,20-23H,9,14-19,24-42H2,(H,55,63)(H,64,65)(H,66,67). The van der Waals surface area contributed by atoms with Crippen molar-refractivity contribution in [2.24, 2.45) is 0 Å². The molecule has 1 aliphatic heterocycles. The molecule has 17 nitrogen and oxygen atoms in total. The van der Waals surface area contributed by atoms with E-state index in [1.165, 1.54) is 0 Å². The normalized spacial score (nSPS) is 15.0. The molecule has 1 amide bonds. The second-order valence-corrected chi connectivity index (χ2v) is 17.2. The van der Waals surface area contributed by atoms with Crippen molar-refractivity contribution in [3.05, 3.63) is 120 Å². The van der Waals surface area contributed by atoms with Gasteiger partial charge in [0.1, 0.15) is 5.78 Å². The first-order chi connectivity index (χ1) is 32.7. The zero-order valence-electron chi connectivity index (χ0n) is 39.1. The molecule has 0 aliphatic carbocycles. The second kappa shape index (κ2) is 30.7. The van der Waals surface area contributed by atoms with Gasteiger partial charge in [-0.2, -0.15) is 0 Å². The molecule has 1 fully saturated rings. The molecule has 5 rings (SSSR count). The molecular weight excluding hydrogens is 851 g/mol. The fourth-order valence-electron chi connectivity index (χ4n) is 8.11. The van der Waals surface area contributed by atoms with E-state index in [9.17, 15) is 29.4 Å². The van der Waals surface area contributed by atoms with Crippen LogP contribution in [0.4, 0.5) is 0 Å². The summed E-state index contributed by atoms with van der Waals surface area (Å²) in [7, 11) is 0. The number of nitrogens with zero attached hydrogens (tertiary/aromatic N) is 10. The summed E-state index contributed by atoms with van der Waals surface area (Å²) in [5.41, 5.74) is 4.07. The number of nitrogens with one attached hydrogen (secondary N) is 1. The maximum absolute atomic E-state index is 13.6. The van der Waals surface area contributed by atoms with Gasteiger partial charge >= 0.3 is 11.9 Å². The number of Topliss-reactive ketones (excluding diaryl/α,β-unsaturated/α-hetero) is 1. The molecule has 0 saturated carbocycles. The molecule has 362 valence electrons. The maximum Gasteiger partial charge on any atom is 0.317 e. The lowest BCUT2D eigenvalue weighted by Crippen LogP contribution is -2.49. The number of carbonyl (C=O) groups is 4. The van der Waals surface area contributed by atoms with Crippen molar-refractivity contribution in [1.82, 2.24) is 54.7 Å². The van der Waals surface area contributed by atoms with E-state index >= 15 is 0 Å². The number of amides is 1. The van der Waals surface area contributed by atoms with Gasteiger partial charge in [0.15, 0.2) is 0 Å². The molecule has 3 N–H and O–H groups in total. The molecule has 4 aromatic heterocycles. The molecule has 0 atom stereocenters. The lowest BCUT2D eigenvalue weighted by atomic mass is 10.1. The molecule has 1 saturated heterocycles. The van der Waals surface area contributed by atoms with Crippen molar-refractivity contribution < 1.29 is 29.4 Å². The number of carbonyl (C=O) groups excluding carboxylic acids is 2. The van der Waals surface area contributed by atoms with E-state index < -0.39 is 11.9 Å². The van der Waals surface area contributed by atoms with Gasteiger partial charge in [0, 0.05) is 178 Å². The Labute approximate surface area is 396 Å². The number of aliphatic carboxylic acids is 2. The molecule has 0 bridgehead atoms. The third-order valence-electron chi connectivity index (χ3n) is 12.0. The average molecular weight is 922 g/mol. The minimum absolute atomic E-state index is 0.0276. The van der Waals surface area contributed by atoms with Gasteiger partial charge < -0.3 is 30.2 Å². The summed E-state index contributed by atoms with van der Waals surface area (Å²) in [6, 6.07) is 23.7. The Balaban J connectivity index is 1.14. The zero-order valence-corrected chi connectivity index (χ0v) is 39.1. The number of aromatic nitrogens is 4. The van der Waals surface area contributed by atoms with Crippen LogP contribution >= 0.6 is 0 Å². The summed E-state index contributed by atoms with van der Waals surface area (Å²) in [5, 5.41) is 22.5. The van der Waals surface area contributed by atoms with Crippen LogP contribution in [-0.4, -0.2) is 208 Å². The fourth-order valence-corrected chi connectivity index (χ4v) is 8.11. The summed E-state index contributed by atoms with van der Waals surface area (Å²) < 4.78 is 0. The number of carboxylic acid groups (broad SMARTS) is 2. The smallest absolute Gasteiger partial charge is 0.317 e. The first-order valence-corrected chi connectivity index (χ1v) is 23.8. The van der Waals surface area contributed by atoms with Gasteiger partial charge in [-0.05, 0) is 61.5 Å². The number of pyridine rings is 4. The van der Waals surface area contributed by atoms with Crippen LogP contribution in [0.15, 0.2) is 97.6 Å². The molecule has 0 unspecified atom stereocenters. The Hall–Kier alpha value is -5.56. The lowest BCUT2D eigenvalue weighted by Gasteiger charge is -2.33. The van der Waals surface area contributed by atoms with Gasteiger partial charge in [0.25, 0.3) is 0 Å². The third kappa shape index (κ3) is 22.7. The third-order valence-corrected chi connectivity index (χ3v) is 12.0. The van der Waals surface area contributed by atoms with E-state index in [-0.39, 0.29) is 37.7 Å². The predicted molar refractivity (Wildman–Crippen MR) is 258 cm³/mol. The Kier molecular flexibility index (Phi) is 24.0. The monoisotopic (exact) mass is 922 g/mol. The highest BCUT2D eigenvalue weighted by molar-refractivity contribution is 5.80. The highest BCUT2D eigenvalue weighted by atomic mass is 16.4. The van der Waals surface area contributed by atoms with Crippen LogP contribution in [0.25, 0.3) is 0 Å². The molecular formula is C50H71N11O6. The number of hydrogen-bond acceptors (Lipinski definition) is 14. The highest BCUT2D eigenvalue weighted by Crippen LogP contribution is 2.08. The molecule has 4 aromatic rings. The zero-order chi connectivity index (χ0) is 47.3. The van der Waals surface area contributed by atoms with Crippen molar-refractivity contribution in [3.8, 4) is 0 Å². The summed E-state index contributed by atoms with van der Waals surface area (Å²) in [6.45, 7) is 9.41. The minimum Gasteiger partial charge on any atom is -0.481 e. The van der Waals surface area contributed by atoms with Crippen LogP contribution in [-0.2, 0) is 44.9 Å². The number of rotatable bonds is 28. The highest BCUT2D eigenvalue weighted by Gasteiger charge is 2.21. The second-order valence-electron chi connectivity index (χ2n) is 17.2. The lowest BCUT2D eigenvalue weighted by molar-refractivity contribution is -0.139. The van der Waals surface area contributed by atoms with Crippen LogP contribution in [0.3, 0.4) is 0 Å². The van der Waals surface area contributed by atoms with Crippen molar-refractivity contribution in [2.75, 3.05) is 124 Å². The molecule has 5 heterocycles. The van der Waals surface area contributed by atoms with E-state index in [4.69, 9.17) is 0 Å². The van der Waals surface area contributed by atoms with Crippen LogP contribution in [0.2, 0.25) is 0 Å². The molecule has 0 radical (unpaired) electrons. The van der Waals surface area contributed by atoms with Gasteiger partial charge in [-0.25, -0.2) is 0 Å². The summed E-state index contributed by atoms with van der Waals surface area (Å²) in [4.78, 5) is 81.5. The molecule has 0 aromatic carbocycles. The predicted octanol–water partition coefficient (Wildman–Crippen LogP) is 2.39. The SMILES string of the molecule is O=C(O)CCN1CCN(CC(=O)CCCN(CCc2ccccn2)CCc2ccccn2)CCN(CC(=O)O)CCN(CC(=O)NCCN(CCc2ccccn2)CCc2ccccn2)CC1. The Morgan fingerprint density at radius 2 is 0.881 bits per heavy atom. The number of hydrogen-bond donors (Lipinski definition) is 3. The van der Waals surface area contributed by atoms with Gasteiger partial charge in [0.05, 0.1) is 26.1 Å².